The molecule has 2 unspecified atom stereocenters. The topological polar surface area (TPSA) is 24.9 Å². The van der Waals surface area contributed by atoms with E-state index >= 15 is 0 Å². The van der Waals surface area contributed by atoms with E-state index in [1.54, 1.807) is 0 Å². The van der Waals surface area contributed by atoms with Crippen molar-refractivity contribution in [3.05, 3.63) is 29.6 Å². The normalized spacial score (nSPS) is 24.8. The van der Waals surface area contributed by atoms with Gasteiger partial charge in [-0.15, -0.1) is 0 Å². The molecule has 0 bridgehead atoms. The molecule has 1 fully saturated rings. The highest BCUT2D eigenvalue weighted by Gasteiger charge is 2.22. The molecule has 1 aromatic rings. The van der Waals surface area contributed by atoms with Gasteiger partial charge in [0.25, 0.3) is 0 Å². The van der Waals surface area contributed by atoms with Gasteiger partial charge in [0.05, 0.1) is 0 Å². The molecule has 1 aliphatic carbocycles. The summed E-state index contributed by atoms with van der Waals surface area (Å²) in [6, 6.07) is 2.81. The number of nitrogens with one attached hydrogen (secondary N) is 1. The molecular formula is C15H24N2. The van der Waals surface area contributed by atoms with Crippen LogP contribution in [-0.2, 0) is 6.54 Å². The van der Waals surface area contributed by atoms with E-state index in [0.29, 0.717) is 6.04 Å². The lowest BCUT2D eigenvalue weighted by molar-refractivity contribution is 0.254. The number of aryl methyl sites for hydroxylation is 1. The molecule has 1 aliphatic rings. The van der Waals surface area contributed by atoms with Gasteiger partial charge >= 0.3 is 0 Å². The van der Waals surface area contributed by atoms with E-state index in [2.05, 4.69) is 30.2 Å². The Hall–Kier alpha value is -0.890. The van der Waals surface area contributed by atoms with Crippen molar-refractivity contribution in [2.75, 3.05) is 0 Å². The van der Waals surface area contributed by atoms with Crippen LogP contribution in [0.1, 0.15) is 50.2 Å². The summed E-state index contributed by atoms with van der Waals surface area (Å²) in [5, 5.41) is 3.74. The first kappa shape index (κ1) is 12.6. The summed E-state index contributed by atoms with van der Waals surface area (Å²) in [6.45, 7) is 5.46. The minimum absolute atomic E-state index is 0.716. The Morgan fingerprint density at radius 2 is 2.18 bits per heavy atom. The number of hydrogen-bond donors (Lipinski definition) is 1. The third-order valence-electron chi connectivity index (χ3n) is 4.14. The quantitative estimate of drug-likeness (QED) is 0.860. The summed E-state index contributed by atoms with van der Waals surface area (Å²) < 4.78 is 0. The fourth-order valence-electron chi connectivity index (χ4n) is 2.89. The molecule has 2 atom stereocenters. The molecule has 1 heterocycles. The largest absolute Gasteiger partial charge is 0.310 e. The fraction of sp³-hybridized carbons (Fsp3) is 0.667. The lowest BCUT2D eigenvalue weighted by Gasteiger charge is -2.31. The molecule has 94 valence electrons. The molecule has 0 radical (unpaired) electrons. The van der Waals surface area contributed by atoms with Crippen LogP contribution in [0, 0.1) is 12.8 Å². The van der Waals surface area contributed by atoms with Crippen molar-refractivity contribution in [3.63, 3.8) is 0 Å². The third kappa shape index (κ3) is 3.29. The van der Waals surface area contributed by atoms with Gasteiger partial charge in [-0.3, -0.25) is 4.98 Å². The van der Waals surface area contributed by atoms with E-state index in [1.807, 2.05) is 12.4 Å². The van der Waals surface area contributed by atoms with Gasteiger partial charge < -0.3 is 5.32 Å². The van der Waals surface area contributed by atoms with E-state index in [4.69, 9.17) is 0 Å². The molecule has 2 rings (SSSR count). The minimum atomic E-state index is 0.716. The van der Waals surface area contributed by atoms with Gasteiger partial charge in [-0.05, 0) is 42.9 Å². The average Bonchev–Trinajstić information content (AvgIpc) is 2.38. The van der Waals surface area contributed by atoms with Gasteiger partial charge in [0.2, 0.25) is 0 Å². The first-order chi connectivity index (χ1) is 8.31. The maximum absolute atomic E-state index is 4.21. The lowest BCUT2D eigenvalue weighted by atomic mass is 9.83. The Bertz CT molecular complexity index is 349. The predicted molar refractivity (Wildman–Crippen MR) is 71.9 cm³/mol. The highest BCUT2D eigenvalue weighted by atomic mass is 14.9. The molecule has 1 saturated carbocycles. The van der Waals surface area contributed by atoms with Crippen LogP contribution in [0.2, 0.25) is 0 Å². The third-order valence-corrected chi connectivity index (χ3v) is 4.14. The maximum Gasteiger partial charge on any atom is 0.0315 e. The summed E-state index contributed by atoms with van der Waals surface area (Å²) >= 11 is 0. The first-order valence-corrected chi connectivity index (χ1v) is 6.94. The van der Waals surface area contributed by atoms with Crippen LogP contribution in [0.3, 0.4) is 0 Å². The van der Waals surface area contributed by atoms with Gasteiger partial charge in [-0.2, -0.15) is 0 Å². The SMILES string of the molecule is CCC1CCCCC1NCc1cnccc1C. The summed E-state index contributed by atoms with van der Waals surface area (Å²) in [5.74, 6) is 0.876. The predicted octanol–water partition coefficient (Wildman–Crippen LogP) is 3.45. The molecule has 0 amide bonds. The van der Waals surface area contributed by atoms with Gasteiger partial charge in [-0.1, -0.05) is 26.2 Å². The number of hydrogen-bond acceptors (Lipinski definition) is 2. The van der Waals surface area contributed by atoms with Crippen molar-refractivity contribution >= 4 is 0 Å². The molecule has 0 saturated heterocycles. The highest BCUT2D eigenvalue weighted by molar-refractivity contribution is 5.21. The van der Waals surface area contributed by atoms with E-state index < -0.39 is 0 Å². The zero-order chi connectivity index (χ0) is 12.1. The standard InChI is InChI=1S/C15H24N2/c1-3-13-6-4-5-7-15(13)17-11-14-10-16-9-8-12(14)2/h8-10,13,15,17H,3-7,11H2,1-2H3. The van der Waals surface area contributed by atoms with Crippen molar-refractivity contribution in [1.29, 1.82) is 0 Å². The van der Waals surface area contributed by atoms with Crippen molar-refractivity contribution in [1.82, 2.24) is 10.3 Å². The fourth-order valence-corrected chi connectivity index (χ4v) is 2.89. The molecule has 1 aromatic heterocycles. The monoisotopic (exact) mass is 232 g/mol. The Labute approximate surface area is 105 Å². The number of aromatic nitrogens is 1. The molecule has 0 aliphatic heterocycles. The van der Waals surface area contributed by atoms with E-state index in [9.17, 15) is 0 Å². The van der Waals surface area contributed by atoms with E-state index in [0.717, 1.165) is 12.5 Å². The Morgan fingerprint density at radius 1 is 1.35 bits per heavy atom. The van der Waals surface area contributed by atoms with Crippen LogP contribution in [0.4, 0.5) is 0 Å². The smallest absolute Gasteiger partial charge is 0.0315 e. The molecule has 0 spiro atoms. The van der Waals surface area contributed by atoms with Crippen LogP contribution >= 0.6 is 0 Å². The molecule has 0 aromatic carbocycles. The molecule has 2 heteroatoms. The van der Waals surface area contributed by atoms with Crippen LogP contribution in [0.5, 0.6) is 0 Å². The van der Waals surface area contributed by atoms with Gasteiger partial charge in [0.1, 0.15) is 0 Å². The van der Waals surface area contributed by atoms with Crippen molar-refractivity contribution in [2.24, 2.45) is 5.92 Å². The summed E-state index contributed by atoms with van der Waals surface area (Å²) in [7, 11) is 0. The van der Waals surface area contributed by atoms with Crippen molar-refractivity contribution < 1.29 is 0 Å². The van der Waals surface area contributed by atoms with E-state index in [-0.39, 0.29) is 0 Å². The molecule has 2 nitrogen and oxygen atoms in total. The second kappa shape index (κ2) is 6.15. The molecule has 17 heavy (non-hydrogen) atoms. The number of rotatable bonds is 4. The zero-order valence-corrected chi connectivity index (χ0v) is 11.1. The Kier molecular flexibility index (Phi) is 4.55. The number of nitrogens with zero attached hydrogens (tertiary/aromatic N) is 1. The summed E-state index contributed by atoms with van der Waals surface area (Å²) in [5.41, 5.74) is 2.68. The number of pyridine rings is 1. The average molecular weight is 232 g/mol. The van der Waals surface area contributed by atoms with Crippen LogP contribution in [0.25, 0.3) is 0 Å². The minimum Gasteiger partial charge on any atom is -0.310 e. The lowest BCUT2D eigenvalue weighted by Crippen LogP contribution is -2.37. The molecule has 1 N–H and O–H groups in total. The second-order valence-electron chi connectivity index (χ2n) is 5.24. The van der Waals surface area contributed by atoms with Crippen LogP contribution in [-0.4, -0.2) is 11.0 Å². The second-order valence-corrected chi connectivity index (χ2v) is 5.24. The molecular weight excluding hydrogens is 208 g/mol. The van der Waals surface area contributed by atoms with Crippen LogP contribution < -0.4 is 5.32 Å². The van der Waals surface area contributed by atoms with Crippen LogP contribution in [0.15, 0.2) is 18.5 Å². The van der Waals surface area contributed by atoms with Gasteiger partial charge in [0.15, 0.2) is 0 Å². The Morgan fingerprint density at radius 3 is 2.94 bits per heavy atom. The first-order valence-electron chi connectivity index (χ1n) is 6.94. The summed E-state index contributed by atoms with van der Waals surface area (Å²) in [4.78, 5) is 4.21. The highest BCUT2D eigenvalue weighted by Crippen LogP contribution is 2.27. The Balaban J connectivity index is 1.90. The zero-order valence-electron chi connectivity index (χ0n) is 11.1. The van der Waals surface area contributed by atoms with Crippen molar-refractivity contribution in [2.45, 2.75) is 58.5 Å². The summed E-state index contributed by atoms with van der Waals surface area (Å²) in [6.07, 6.45) is 10.7. The van der Waals surface area contributed by atoms with Crippen molar-refractivity contribution in [3.8, 4) is 0 Å². The maximum atomic E-state index is 4.21. The van der Waals surface area contributed by atoms with Gasteiger partial charge in [0, 0.05) is 25.0 Å². The van der Waals surface area contributed by atoms with E-state index in [1.165, 1.54) is 43.2 Å². The van der Waals surface area contributed by atoms with Gasteiger partial charge in [-0.25, -0.2) is 0 Å².